The molecule has 0 radical (unpaired) electrons. The van der Waals surface area contributed by atoms with Gasteiger partial charge in [0.15, 0.2) is 0 Å². The molecule has 0 saturated carbocycles. The highest BCUT2D eigenvalue weighted by Gasteiger charge is 2.17. The number of amides is 1. The Morgan fingerprint density at radius 3 is 2.54 bits per heavy atom. The van der Waals surface area contributed by atoms with E-state index in [9.17, 15) is 4.79 Å². The Kier molecular flexibility index (Phi) is 3.06. The Bertz CT molecular complexity index is 290. The third kappa shape index (κ3) is 1.88. The molecule has 0 unspecified atom stereocenters. The summed E-state index contributed by atoms with van der Waals surface area (Å²) in [5.74, 6) is -0.0104. The van der Waals surface area contributed by atoms with E-state index in [2.05, 4.69) is 5.16 Å². The van der Waals surface area contributed by atoms with Gasteiger partial charge >= 0.3 is 0 Å². The number of aromatic nitrogens is 1. The number of carbonyl (C=O) groups is 1. The van der Waals surface area contributed by atoms with Crippen molar-refractivity contribution >= 4 is 5.91 Å². The lowest BCUT2D eigenvalue weighted by Crippen LogP contribution is -2.30. The molecule has 1 heterocycles. The Labute approximate surface area is 77.5 Å². The standard InChI is InChI=1S/C9H14N2O2/c1-4-11(5-2)9(12)8-6-13-10-7(8)3/h6H,4-5H2,1-3H3. The van der Waals surface area contributed by atoms with Crippen LogP contribution < -0.4 is 0 Å². The van der Waals surface area contributed by atoms with E-state index in [0.717, 1.165) is 0 Å². The van der Waals surface area contributed by atoms with Crippen LogP contribution in [0.3, 0.4) is 0 Å². The van der Waals surface area contributed by atoms with Crippen LogP contribution in [0, 0.1) is 6.92 Å². The summed E-state index contributed by atoms with van der Waals surface area (Å²) in [4.78, 5) is 13.5. The van der Waals surface area contributed by atoms with Crippen molar-refractivity contribution < 1.29 is 9.32 Å². The van der Waals surface area contributed by atoms with Crippen molar-refractivity contribution in [3.8, 4) is 0 Å². The summed E-state index contributed by atoms with van der Waals surface area (Å²) >= 11 is 0. The van der Waals surface area contributed by atoms with E-state index in [1.165, 1.54) is 6.26 Å². The summed E-state index contributed by atoms with van der Waals surface area (Å²) in [5, 5.41) is 3.67. The fraction of sp³-hybridized carbons (Fsp3) is 0.556. The highest BCUT2D eigenvalue weighted by atomic mass is 16.5. The van der Waals surface area contributed by atoms with Gasteiger partial charge in [0.2, 0.25) is 0 Å². The molecule has 1 aromatic heterocycles. The lowest BCUT2D eigenvalue weighted by atomic mass is 10.2. The highest BCUT2D eigenvalue weighted by Crippen LogP contribution is 2.08. The maximum Gasteiger partial charge on any atom is 0.259 e. The Morgan fingerprint density at radius 2 is 2.15 bits per heavy atom. The van der Waals surface area contributed by atoms with Gasteiger partial charge in [0.25, 0.3) is 5.91 Å². The summed E-state index contributed by atoms with van der Waals surface area (Å²) in [6.07, 6.45) is 1.40. The van der Waals surface area contributed by atoms with Gasteiger partial charge in [0.1, 0.15) is 11.8 Å². The van der Waals surface area contributed by atoms with Crippen LogP contribution in [-0.2, 0) is 0 Å². The molecule has 0 saturated heterocycles. The van der Waals surface area contributed by atoms with Gasteiger partial charge in [-0.25, -0.2) is 0 Å². The minimum absolute atomic E-state index is 0.0104. The van der Waals surface area contributed by atoms with Gasteiger partial charge in [-0.05, 0) is 20.8 Å². The number of carbonyl (C=O) groups excluding carboxylic acids is 1. The molecule has 0 aliphatic rings. The molecule has 0 bridgehead atoms. The molecule has 72 valence electrons. The number of aryl methyl sites for hydroxylation is 1. The van der Waals surface area contributed by atoms with Crippen LogP contribution in [0.1, 0.15) is 29.9 Å². The van der Waals surface area contributed by atoms with Crippen molar-refractivity contribution in [1.29, 1.82) is 0 Å². The molecule has 1 amide bonds. The zero-order valence-electron chi connectivity index (χ0n) is 8.20. The van der Waals surface area contributed by atoms with Crippen molar-refractivity contribution in [2.45, 2.75) is 20.8 Å². The first-order valence-corrected chi connectivity index (χ1v) is 4.40. The van der Waals surface area contributed by atoms with Gasteiger partial charge in [-0.3, -0.25) is 4.79 Å². The molecular weight excluding hydrogens is 168 g/mol. The lowest BCUT2D eigenvalue weighted by molar-refractivity contribution is 0.0771. The van der Waals surface area contributed by atoms with Crippen LogP contribution in [0.15, 0.2) is 10.8 Å². The molecule has 1 rings (SSSR count). The second kappa shape index (κ2) is 4.07. The van der Waals surface area contributed by atoms with E-state index in [1.807, 2.05) is 13.8 Å². The van der Waals surface area contributed by atoms with Crippen molar-refractivity contribution in [2.24, 2.45) is 0 Å². The first-order chi connectivity index (χ1) is 6.20. The number of rotatable bonds is 3. The SMILES string of the molecule is CCN(CC)C(=O)c1conc1C. The molecule has 0 fully saturated rings. The van der Waals surface area contributed by atoms with E-state index >= 15 is 0 Å². The van der Waals surface area contributed by atoms with E-state index in [0.29, 0.717) is 24.3 Å². The maximum absolute atomic E-state index is 11.7. The number of hydrogen-bond donors (Lipinski definition) is 0. The zero-order valence-corrected chi connectivity index (χ0v) is 8.20. The molecule has 0 aliphatic carbocycles. The first-order valence-electron chi connectivity index (χ1n) is 4.40. The van der Waals surface area contributed by atoms with Crippen LogP contribution in [0.5, 0.6) is 0 Å². The van der Waals surface area contributed by atoms with Crippen LogP contribution in [0.2, 0.25) is 0 Å². The van der Waals surface area contributed by atoms with Crippen molar-refractivity contribution in [3.05, 3.63) is 17.5 Å². The van der Waals surface area contributed by atoms with E-state index in [1.54, 1.807) is 11.8 Å². The molecule has 0 spiro atoms. The Hall–Kier alpha value is -1.32. The second-order valence-electron chi connectivity index (χ2n) is 2.79. The molecule has 0 aromatic carbocycles. The van der Waals surface area contributed by atoms with Gasteiger partial charge < -0.3 is 9.42 Å². The molecular formula is C9H14N2O2. The molecule has 0 atom stereocenters. The molecule has 1 aromatic rings. The predicted octanol–water partition coefficient (Wildman–Crippen LogP) is 1.47. The molecule has 13 heavy (non-hydrogen) atoms. The summed E-state index contributed by atoms with van der Waals surface area (Å²) in [7, 11) is 0. The van der Waals surface area contributed by atoms with Crippen LogP contribution >= 0.6 is 0 Å². The quantitative estimate of drug-likeness (QED) is 0.711. The maximum atomic E-state index is 11.7. The first kappa shape index (κ1) is 9.77. The molecule has 0 aliphatic heterocycles. The van der Waals surface area contributed by atoms with E-state index in [4.69, 9.17) is 4.52 Å². The third-order valence-electron chi connectivity index (χ3n) is 2.03. The van der Waals surface area contributed by atoms with Crippen LogP contribution in [0.25, 0.3) is 0 Å². The summed E-state index contributed by atoms with van der Waals surface area (Å²) < 4.78 is 4.71. The average molecular weight is 182 g/mol. The zero-order chi connectivity index (χ0) is 9.84. The molecule has 4 nitrogen and oxygen atoms in total. The normalized spacial score (nSPS) is 10.1. The summed E-state index contributed by atoms with van der Waals surface area (Å²) in [6, 6.07) is 0. The summed E-state index contributed by atoms with van der Waals surface area (Å²) in [6.45, 7) is 7.08. The van der Waals surface area contributed by atoms with Crippen LogP contribution in [-0.4, -0.2) is 29.1 Å². The number of hydrogen-bond acceptors (Lipinski definition) is 3. The van der Waals surface area contributed by atoms with Gasteiger partial charge in [0, 0.05) is 13.1 Å². The largest absolute Gasteiger partial charge is 0.364 e. The lowest BCUT2D eigenvalue weighted by Gasteiger charge is -2.17. The fourth-order valence-corrected chi connectivity index (χ4v) is 1.18. The van der Waals surface area contributed by atoms with Crippen molar-refractivity contribution in [3.63, 3.8) is 0 Å². The fourth-order valence-electron chi connectivity index (χ4n) is 1.18. The van der Waals surface area contributed by atoms with Crippen LogP contribution in [0.4, 0.5) is 0 Å². The Balaban J connectivity index is 2.84. The van der Waals surface area contributed by atoms with E-state index < -0.39 is 0 Å². The second-order valence-corrected chi connectivity index (χ2v) is 2.79. The molecule has 4 heteroatoms. The van der Waals surface area contributed by atoms with Gasteiger partial charge in [-0.15, -0.1) is 0 Å². The van der Waals surface area contributed by atoms with Crippen molar-refractivity contribution in [1.82, 2.24) is 10.1 Å². The summed E-state index contributed by atoms with van der Waals surface area (Å²) in [5.41, 5.74) is 1.21. The smallest absolute Gasteiger partial charge is 0.259 e. The predicted molar refractivity (Wildman–Crippen MR) is 48.5 cm³/mol. The monoisotopic (exact) mass is 182 g/mol. The minimum Gasteiger partial charge on any atom is -0.364 e. The topological polar surface area (TPSA) is 46.3 Å². The van der Waals surface area contributed by atoms with Gasteiger partial charge in [0.05, 0.1) is 5.69 Å². The van der Waals surface area contributed by atoms with Gasteiger partial charge in [-0.2, -0.15) is 0 Å². The molecule has 0 N–H and O–H groups in total. The highest BCUT2D eigenvalue weighted by molar-refractivity contribution is 5.94. The van der Waals surface area contributed by atoms with Crippen molar-refractivity contribution in [2.75, 3.05) is 13.1 Å². The van der Waals surface area contributed by atoms with E-state index in [-0.39, 0.29) is 5.91 Å². The number of nitrogens with zero attached hydrogens (tertiary/aromatic N) is 2. The Morgan fingerprint density at radius 1 is 1.54 bits per heavy atom. The van der Waals surface area contributed by atoms with Gasteiger partial charge in [-0.1, -0.05) is 5.16 Å². The average Bonchev–Trinajstić information content (AvgIpc) is 2.53. The third-order valence-corrected chi connectivity index (χ3v) is 2.03. The minimum atomic E-state index is -0.0104.